The maximum atomic E-state index is 12.5. The number of hydrogen-bond acceptors (Lipinski definition) is 8. The van der Waals surface area contributed by atoms with Gasteiger partial charge < -0.3 is 42.7 Å². The van der Waals surface area contributed by atoms with Gasteiger partial charge in [-0.05, 0) is 33.2 Å². The highest BCUT2D eigenvalue weighted by Gasteiger charge is 2.32. The summed E-state index contributed by atoms with van der Waals surface area (Å²) in [4.78, 5) is 58.7. The maximum Gasteiger partial charge on any atom is 0.325 e. The van der Waals surface area contributed by atoms with Gasteiger partial charge in [-0.2, -0.15) is 0 Å². The minimum atomic E-state index is -1.63. The fraction of sp³-hybridized carbons (Fsp3) is 0.706. The predicted molar refractivity (Wildman–Crippen MR) is 104 cm³/mol. The van der Waals surface area contributed by atoms with E-state index in [-0.39, 0.29) is 0 Å². The molecule has 0 rings (SSSR count). The van der Waals surface area contributed by atoms with E-state index in [0.717, 1.165) is 6.92 Å². The molecule has 0 aliphatic heterocycles. The number of aliphatic hydroxyl groups is 1. The Kier molecular flexibility index (Phi) is 12.2. The summed E-state index contributed by atoms with van der Waals surface area (Å²) < 4.78 is 0. The molecule has 30 heavy (non-hydrogen) atoms. The Bertz CT molecular complexity index is 627. The Labute approximate surface area is 173 Å². The molecule has 13 nitrogen and oxygen atoms in total. The largest absolute Gasteiger partial charge is 0.481 e. The van der Waals surface area contributed by atoms with Crippen LogP contribution in [0.25, 0.3) is 0 Å². The van der Waals surface area contributed by atoms with Crippen molar-refractivity contribution in [3.8, 4) is 0 Å². The van der Waals surface area contributed by atoms with Crippen LogP contribution in [0.5, 0.6) is 0 Å². The van der Waals surface area contributed by atoms with E-state index in [4.69, 9.17) is 21.7 Å². The van der Waals surface area contributed by atoms with E-state index in [1.807, 2.05) is 5.32 Å². The van der Waals surface area contributed by atoms with Gasteiger partial charge in [0.05, 0.1) is 18.6 Å². The van der Waals surface area contributed by atoms with Crippen molar-refractivity contribution >= 4 is 29.7 Å². The summed E-state index contributed by atoms with van der Waals surface area (Å²) in [5, 5.41) is 34.1. The van der Waals surface area contributed by atoms with Crippen LogP contribution in [0.2, 0.25) is 0 Å². The molecule has 0 saturated carbocycles. The summed E-state index contributed by atoms with van der Waals surface area (Å²) in [7, 11) is 0. The topological polar surface area (TPSA) is 234 Å². The first-order valence-corrected chi connectivity index (χ1v) is 9.40. The molecule has 0 bridgehead atoms. The highest BCUT2D eigenvalue weighted by molar-refractivity contribution is 5.95. The number of carbonyl (C=O) groups is 5. The third kappa shape index (κ3) is 10.1. The van der Waals surface area contributed by atoms with Crippen LogP contribution < -0.4 is 27.4 Å². The van der Waals surface area contributed by atoms with Gasteiger partial charge in [0.1, 0.15) is 18.1 Å². The summed E-state index contributed by atoms with van der Waals surface area (Å²) in [6.45, 7) is 2.80. The molecule has 0 aromatic rings. The molecule has 0 saturated heterocycles. The molecule has 172 valence electrons. The van der Waals surface area contributed by atoms with Crippen molar-refractivity contribution in [2.45, 2.75) is 69.8 Å². The Morgan fingerprint density at radius 2 is 1.50 bits per heavy atom. The highest BCUT2D eigenvalue weighted by atomic mass is 16.4. The number of hydrogen-bond donors (Lipinski definition) is 8. The molecule has 5 atom stereocenters. The van der Waals surface area contributed by atoms with E-state index in [9.17, 15) is 29.1 Å². The first-order chi connectivity index (χ1) is 13.9. The van der Waals surface area contributed by atoms with Crippen LogP contribution in [0.15, 0.2) is 0 Å². The molecule has 0 aliphatic rings. The normalized spacial score (nSPS) is 15.8. The number of carbonyl (C=O) groups excluding carboxylic acids is 3. The van der Waals surface area contributed by atoms with E-state index in [2.05, 4.69) is 10.6 Å². The average molecular weight is 433 g/mol. The van der Waals surface area contributed by atoms with Gasteiger partial charge in [0, 0.05) is 0 Å². The molecule has 0 aromatic carbocycles. The molecule has 0 spiro atoms. The van der Waals surface area contributed by atoms with E-state index in [1.54, 1.807) is 0 Å². The van der Waals surface area contributed by atoms with Crippen molar-refractivity contribution in [2.75, 3.05) is 6.54 Å². The molecular weight excluding hydrogens is 402 g/mol. The smallest absolute Gasteiger partial charge is 0.325 e. The van der Waals surface area contributed by atoms with Crippen molar-refractivity contribution < 1.29 is 39.3 Å². The zero-order valence-corrected chi connectivity index (χ0v) is 17.0. The number of carboxylic acid groups (broad SMARTS) is 2. The van der Waals surface area contributed by atoms with Crippen LogP contribution in [0.4, 0.5) is 0 Å². The number of rotatable bonds is 14. The molecular formula is C17H31N5O8. The minimum Gasteiger partial charge on any atom is -0.481 e. The fourth-order valence-corrected chi connectivity index (χ4v) is 2.33. The summed E-state index contributed by atoms with van der Waals surface area (Å²) in [6.07, 6.45) is -0.699. The Morgan fingerprint density at radius 3 is 1.97 bits per heavy atom. The lowest BCUT2D eigenvalue weighted by Gasteiger charge is -2.25. The Hall–Kier alpha value is -2.77. The van der Waals surface area contributed by atoms with E-state index < -0.39 is 66.4 Å². The van der Waals surface area contributed by atoms with E-state index in [1.165, 1.54) is 6.92 Å². The van der Waals surface area contributed by atoms with Crippen LogP contribution >= 0.6 is 0 Å². The Balaban J connectivity index is 5.19. The summed E-state index contributed by atoms with van der Waals surface area (Å²) >= 11 is 0. The summed E-state index contributed by atoms with van der Waals surface area (Å²) in [5.41, 5.74) is 11.1. The van der Waals surface area contributed by atoms with Gasteiger partial charge in [-0.15, -0.1) is 0 Å². The molecule has 5 unspecified atom stereocenters. The number of aliphatic hydroxyl groups excluding tert-OH is 1. The zero-order valence-electron chi connectivity index (χ0n) is 17.0. The van der Waals surface area contributed by atoms with Crippen molar-refractivity contribution in [2.24, 2.45) is 11.5 Å². The molecule has 10 N–H and O–H groups in total. The quantitative estimate of drug-likeness (QED) is 0.128. The third-order valence-corrected chi connectivity index (χ3v) is 4.11. The molecule has 3 amide bonds. The van der Waals surface area contributed by atoms with Crippen LogP contribution in [0.3, 0.4) is 0 Å². The lowest BCUT2D eigenvalue weighted by Crippen LogP contribution is -2.59. The van der Waals surface area contributed by atoms with Crippen molar-refractivity contribution in [1.29, 1.82) is 0 Å². The first kappa shape index (κ1) is 27.2. The zero-order chi connectivity index (χ0) is 23.4. The second-order valence-electron chi connectivity index (χ2n) is 6.85. The van der Waals surface area contributed by atoms with Gasteiger partial charge in [0.15, 0.2) is 0 Å². The SMILES string of the molecule is CC(NC(=O)C(CC(=O)O)NC(=O)C(NC(=O)C(N)CCCCN)C(C)O)C(=O)O. The number of amides is 3. The number of nitrogens with one attached hydrogen (secondary N) is 3. The second kappa shape index (κ2) is 13.5. The van der Waals surface area contributed by atoms with Crippen LogP contribution in [-0.4, -0.2) is 81.8 Å². The standard InChI is InChI=1S/C17H31N5O8/c1-8(17(29)30)20-15(27)11(7-12(24)25)21-16(28)13(9(2)23)22-14(26)10(19)5-3-4-6-18/h8-11,13,23H,3-7,18-19H2,1-2H3,(H,20,27)(H,21,28)(H,22,26)(H,24,25)(H,29,30). The highest BCUT2D eigenvalue weighted by Crippen LogP contribution is 2.02. The molecule has 0 aliphatic carbocycles. The second-order valence-corrected chi connectivity index (χ2v) is 6.85. The number of carboxylic acids is 2. The van der Waals surface area contributed by atoms with Crippen LogP contribution in [0, 0.1) is 0 Å². The average Bonchev–Trinajstić information content (AvgIpc) is 2.64. The molecule has 0 fully saturated rings. The van der Waals surface area contributed by atoms with Crippen molar-refractivity contribution in [1.82, 2.24) is 16.0 Å². The van der Waals surface area contributed by atoms with Gasteiger partial charge in [-0.1, -0.05) is 6.42 Å². The predicted octanol–water partition coefficient (Wildman–Crippen LogP) is -3.14. The maximum absolute atomic E-state index is 12.5. The van der Waals surface area contributed by atoms with Gasteiger partial charge in [-0.25, -0.2) is 0 Å². The van der Waals surface area contributed by atoms with Crippen LogP contribution in [-0.2, 0) is 24.0 Å². The number of aliphatic carboxylic acids is 2. The third-order valence-electron chi connectivity index (χ3n) is 4.11. The van der Waals surface area contributed by atoms with Gasteiger partial charge in [0.2, 0.25) is 17.7 Å². The monoisotopic (exact) mass is 433 g/mol. The van der Waals surface area contributed by atoms with Gasteiger partial charge in [-0.3, -0.25) is 24.0 Å². The van der Waals surface area contributed by atoms with E-state index >= 15 is 0 Å². The number of unbranched alkanes of at least 4 members (excludes halogenated alkanes) is 1. The summed E-state index contributed by atoms with van der Waals surface area (Å²) in [6, 6.07) is -5.43. The van der Waals surface area contributed by atoms with E-state index in [0.29, 0.717) is 25.8 Å². The van der Waals surface area contributed by atoms with Crippen LogP contribution in [0.1, 0.15) is 39.5 Å². The fourth-order valence-electron chi connectivity index (χ4n) is 2.33. The molecule has 13 heteroatoms. The van der Waals surface area contributed by atoms with Gasteiger partial charge >= 0.3 is 11.9 Å². The van der Waals surface area contributed by atoms with Gasteiger partial charge in [0.25, 0.3) is 0 Å². The lowest BCUT2D eigenvalue weighted by atomic mass is 10.1. The molecule has 0 radical (unpaired) electrons. The Morgan fingerprint density at radius 1 is 0.900 bits per heavy atom. The van der Waals surface area contributed by atoms with Crippen molar-refractivity contribution in [3.05, 3.63) is 0 Å². The van der Waals surface area contributed by atoms with Crippen molar-refractivity contribution in [3.63, 3.8) is 0 Å². The lowest BCUT2D eigenvalue weighted by molar-refractivity contribution is -0.143. The first-order valence-electron chi connectivity index (χ1n) is 9.40. The molecule has 0 heterocycles. The minimum absolute atomic E-state index is 0.300. The molecule has 0 aromatic heterocycles. The summed E-state index contributed by atoms with van der Waals surface area (Å²) in [5.74, 6) is -5.59. The number of nitrogens with two attached hydrogens (primary N) is 2.